The summed E-state index contributed by atoms with van der Waals surface area (Å²) in [5.74, 6) is 0.812. The average molecular weight is 446 g/mol. The molecule has 3 N–H and O–H groups in total. The largest absolute Gasteiger partial charge is 0.346 e. The normalized spacial score (nSPS) is 16.2. The second-order valence-corrected chi connectivity index (χ2v) is 9.08. The molecular weight excluding hydrogens is 422 g/mol. The summed E-state index contributed by atoms with van der Waals surface area (Å²) in [6.07, 6.45) is 7.99. The van der Waals surface area contributed by atoms with Crippen LogP contribution in [0.25, 0.3) is 33.5 Å². The number of H-pyrrole nitrogens is 2. The van der Waals surface area contributed by atoms with E-state index in [0.717, 1.165) is 51.9 Å². The van der Waals surface area contributed by atoms with Gasteiger partial charge in [0.05, 0.1) is 17.3 Å². The first-order valence-electron chi connectivity index (χ1n) is 11.8. The summed E-state index contributed by atoms with van der Waals surface area (Å²) in [4.78, 5) is 29.4. The number of nitrogens with zero attached hydrogens (tertiary/aromatic N) is 2. The minimum atomic E-state index is -0.231. The lowest BCUT2D eigenvalue weighted by atomic mass is 9.98. The van der Waals surface area contributed by atoms with Gasteiger partial charge in [0.25, 0.3) is 5.91 Å². The van der Waals surface area contributed by atoms with Crippen molar-refractivity contribution in [1.82, 2.24) is 25.3 Å². The van der Waals surface area contributed by atoms with Crippen molar-refractivity contribution in [2.45, 2.75) is 31.7 Å². The first-order valence-corrected chi connectivity index (χ1v) is 11.8. The monoisotopic (exact) mass is 445 g/mol. The third-order valence-corrected chi connectivity index (χ3v) is 7.14. The fourth-order valence-corrected chi connectivity index (χ4v) is 5.56. The van der Waals surface area contributed by atoms with E-state index in [9.17, 15) is 4.79 Å². The van der Waals surface area contributed by atoms with Crippen LogP contribution >= 0.6 is 0 Å². The van der Waals surface area contributed by atoms with Gasteiger partial charge in [0.2, 0.25) is 0 Å². The molecule has 1 unspecified atom stereocenters. The molecule has 0 bridgehead atoms. The molecule has 1 atom stereocenters. The Morgan fingerprint density at radius 2 is 1.79 bits per heavy atom. The van der Waals surface area contributed by atoms with Crippen LogP contribution in [0, 0.1) is 0 Å². The number of rotatable bonds is 3. The third kappa shape index (κ3) is 2.85. The highest BCUT2D eigenvalue weighted by Gasteiger charge is 2.33. The highest BCUT2D eigenvalue weighted by atomic mass is 16.1. The number of aryl methyl sites for hydroxylation is 2. The summed E-state index contributed by atoms with van der Waals surface area (Å²) in [5, 5.41) is 4.13. The Kier molecular flexibility index (Phi) is 4.21. The number of fused-ring (bicyclic) bond motifs is 5. The first-order chi connectivity index (χ1) is 16.8. The Hall–Kier alpha value is -4.19. The lowest BCUT2D eigenvalue weighted by molar-refractivity contribution is 0.0945. The lowest BCUT2D eigenvalue weighted by Gasteiger charge is -2.16. The van der Waals surface area contributed by atoms with Crippen LogP contribution < -0.4 is 5.32 Å². The Morgan fingerprint density at radius 1 is 0.941 bits per heavy atom. The van der Waals surface area contributed by atoms with Crippen LogP contribution in [0.5, 0.6) is 0 Å². The zero-order chi connectivity index (χ0) is 22.6. The van der Waals surface area contributed by atoms with Crippen LogP contribution in [0.1, 0.15) is 51.8 Å². The molecule has 5 aromatic rings. The molecule has 6 nitrogen and oxygen atoms in total. The van der Waals surface area contributed by atoms with Gasteiger partial charge in [-0.15, -0.1) is 0 Å². The number of imidazole rings is 1. The third-order valence-electron chi connectivity index (χ3n) is 7.14. The minimum absolute atomic E-state index is 0.112. The predicted molar refractivity (Wildman–Crippen MR) is 132 cm³/mol. The van der Waals surface area contributed by atoms with Crippen molar-refractivity contribution in [3.63, 3.8) is 0 Å². The summed E-state index contributed by atoms with van der Waals surface area (Å²) < 4.78 is 0. The molecule has 3 aromatic heterocycles. The molecule has 0 radical (unpaired) electrons. The highest BCUT2D eigenvalue weighted by molar-refractivity contribution is 6.06. The van der Waals surface area contributed by atoms with E-state index in [1.165, 1.54) is 24.2 Å². The maximum Gasteiger partial charge on any atom is 0.252 e. The van der Waals surface area contributed by atoms with Crippen molar-refractivity contribution in [2.24, 2.45) is 0 Å². The van der Waals surface area contributed by atoms with Crippen molar-refractivity contribution >= 4 is 16.9 Å². The summed E-state index contributed by atoms with van der Waals surface area (Å²) in [5.41, 5.74) is 9.38. The van der Waals surface area contributed by atoms with Crippen LogP contribution in [-0.4, -0.2) is 25.8 Å². The number of aromatic nitrogens is 4. The van der Waals surface area contributed by atoms with E-state index < -0.39 is 0 Å². The molecule has 2 aliphatic carbocycles. The second kappa shape index (κ2) is 7.42. The summed E-state index contributed by atoms with van der Waals surface area (Å²) in [6, 6.07) is 18.1. The van der Waals surface area contributed by atoms with E-state index in [2.05, 4.69) is 56.7 Å². The first kappa shape index (κ1) is 19.3. The van der Waals surface area contributed by atoms with Gasteiger partial charge in [0.15, 0.2) is 0 Å². The van der Waals surface area contributed by atoms with Crippen molar-refractivity contribution in [1.29, 1.82) is 0 Å². The van der Waals surface area contributed by atoms with Gasteiger partial charge in [-0.25, -0.2) is 9.97 Å². The molecule has 1 amide bonds. The van der Waals surface area contributed by atoms with Gasteiger partial charge in [-0.05, 0) is 60.1 Å². The fourth-order valence-electron chi connectivity index (χ4n) is 5.56. The smallest absolute Gasteiger partial charge is 0.252 e. The number of aromatic amines is 2. The fraction of sp³-hybridized carbons (Fsp3) is 0.179. The number of hydrogen-bond acceptors (Lipinski definition) is 3. The zero-order valence-electron chi connectivity index (χ0n) is 18.6. The molecule has 0 saturated heterocycles. The summed E-state index contributed by atoms with van der Waals surface area (Å²) >= 11 is 0. The number of amides is 1. The molecule has 0 saturated carbocycles. The van der Waals surface area contributed by atoms with Gasteiger partial charge in [-0.3, -0.25) is 4.79 Å². The van der Waals surface area contributed by atoms with E-state index >= 15 is 0 Å². The maximum absolute atomic E-state index is 13.4. The predicted octanol–water partition coefficient (Wildman–Crippen LogP) is 5.33. The standard InChI is InChI=1S/C28H23N5O/c34-28(19-13-15-30-26-18(19)12-14-29-26)33-25-17-7-2-1-6-16(17)24-20(25)8-5-9-21(24)27-31-22-10-3-4-11-23(22)32-27/h1-2,5-9,12-15,25H,3-4,10-11H2,(H,29,30)(H,31,32)(H,33,34). The van der Waals surface area contributed by atoms with Gasteiger partial charge in [-0.1, -0.05) is 42.5 Å². The van der Waals surface area contributed by atoms with Gasteiger partial charge in [0.1, 0.15) is 11.5 Å². The van der Waals surface area contributed by atoms with E-state index in [-0.39, 0.29) is 11.9 Å². The van der Waals surface area contributed by atoms with Crippen LogP contribution in [0.3, 0.4) is 0 Å². The number of carbonyl (C=O) groups excluding carboxylic acids is 1. The zero-order valence-corrected chi connectivity index (χ0v) is 18.6. The quantitative estimate of drug-likeness (QED) is 0.351. The SMILES string of the molecule is O=C(NC1c2ccccc2-c2c(-c3nc4c([nH]3)CCCC4)cccc21)c1ccnc2[nH]ccc12. The Labute approximate surface area is 196 Å². The number of hydrogen-bond donors (Lipinski definition) is 3. The van der Waals surface area contributed by atoms with Gasteiger partial charge in [-0.2, -0.15) is 0 Å². The van der Waals surface area contributed by atoms with Crippen LogP contribution in [0.4, 0.5) is 0 Å². The minimum Gasteiger partial charge on any atom is -0.346 e. The van der Waals surface area contributed by atoms with E-state index in [0.29, 0.717) is 11.2 Å². The molecule has 7 rings (SSSR count). The van der Waals surface area contributed by atoms with Crippen LogP contribution in [-0.2, 0) is 12.8 Å². The van der Waals surface area contributed by atoms with Crippen molar-refractivity contribution in [3.8, 4) is 22.5 Å². The summed E-state index contributed by atoms with van der Waals surface area (Å²) in [6.45, 7) is 0. The molecule has 166 valence electrons. The molecule has 6 heteroatoms. The molecule has 0 spiro atoms. The number of pyridine rings is 1. The molecular formula is C28H23N5O. The van der Waals surface area contributed by atoms with Crippen LogP contribution in [0.2, 0.25) is 0 Å². The second-order valence-electron chi connectivity index (χ2n) is 9.08. The highest BCUT2D eigenvalue weighted by Crippen LogP contribution is 2.47. The molecule has 3 heterocycles. The molecule has 2 aromatic carbocycles. The van der Waals surface area contributed by atoms with Crippen molar-refractivity contribution in [3.05, 3.63) is 95.1 Å². The van der Waals surface area contributed by atoms with Gasteiger partial charge < -0.3 is 15.3 Å². The molecule has 0 aliphatic heterocycles. The number of nitrogens with one attached hydrogen (secondary N) is 3. The van der Waals surface area contributed by atoms with Crippen molar-refractivity contribution in [2.75, 3.05) is 0 Å². The average Bonchev–Trinajstić information content (AvgIpc) is 3.60. The van der Waals surface area contributed by atoms with E-state index in [4.69, 9.17) is 4.98 Å². The van der Waals surface area contributed by atoms with Crippen molar-refractivity contribution < 1.29 is 4.79 Å². The Morgan fingerprint density at radius 3 is 2.74 bits per heavy atom. The number of benzene rings is 2. The molecule has 34 heavy (non-hydrogen) atoms. The summed E-state index contributed by atoms with van der Waals surface area (Å²) in [7, 11) is 0. The Balaban J connectivity index is 1.34. The number of carbonyl (C=O) groups is 1. The molecule has 0 fully saturated rings. The molecule has 2 aliphatic rings. The Bertz CT molecular complexity index is 1550. The van der Waals surface area contributed by atoms with Crippen LogP contribution in [0.15, 0.2) is 67.0 Å². The van der Waals surface area contributed by atoms with Gasteiger partial charge in [0, 0.05) is 29.0 Å². The lowest BCUT2D eigenvalue weighted by Crippen LogP contribution is -2.28. The van der Waals surface area contributed by atoms with E-state index in [1.807, 2.05) is 18.3 Å². The van der Waals surface area contributed by atoms with Gasteiger partial charge >= 0.3 is 0 Å². The maximum atomic E-state index is 13.4. The topological polar surface area (TPSA) is 86.5 Å². The van der Waals surface area contributed by atoms with E-state index in [1.54, 1.807) is 12.3 Å².